The zero-order valence-corrected chi connectivity index (χ0v) is 37.0. The number of rotatable bonds is 45. The van der Waals surface area contributed by atoms with E-state index in [1.165, 1.54) is 186 Å². The molecule has 0 aliphatic heterocycles. The first-order valence-electron chi connectivity index (χ1n) is 24.4. The van der Waals surface area contributed by atoms with E-state index in [-0.39, 0.29) is 25.2 Å². The van der Waals surface area contributed by atoms with Crippen LogP contribution in [0.4, 0.5) is 0 Å². The Morgan fingerprint density at radius 1 is 0.400 bits per heavy atom. The molecule has 0 aromatic carbocycles. The number of carbonyl (C=O) groups excluding carboxylic acids is 2. The topological polar surface area (TPSA) is 72.8 Å². The van der Waals surface area contributed by atoms with Crippen molar-refractivity contribution in [2.75, 3.05) is 13.2 Å². The molecule has 0 heterocycles. The van der Waals surface area contributed by atoms with Gasteiger partial charge in [0.15, 0.2) is 6.10 Å². The number of aliphatic hydroxyl groups excluding tert-OH is 1. The zero-order chi connectivity index (χ0) is 40.0. The summed E-state index contributed by atoms with van der Waals surface area (Å²) in [6.45, 7) is 4.09. The number of allylic oxidation sites excluding steroid dienone is 4. The number of unbranched alkanes of at least 4 members (excludes halogenated alkanes) is 33. The Morgan fingerprint density at radius 3 is 1.05 bits per heavy atom. The van der Waals surface area contributed by atoms with E-state index >= 15 is 0 Å². The third-order valence-corrected chi connectivity index (χ3v) is 10.9. The van der Waals surface area contributed by atoms with Gasteiger partial charge in [0.2, 0.25) is 0 Å². The fourth-order valence-electron chi connectivity index (χ4n) is 7.26. The number of carbonyl (C=O) groups is 2. The fourth-order valence-corrected chi connectivity index (χ4v) is 7.26. The first-order chi connectivity index (χ1) is 27.1. The highest BCUT2D eigenvalue weighted by Gasteiger charge is 2.16. The Balaban J connectivity index is 3.38. The van der Waals surface area contributed by atoms with Crippen molar-refractivity contribution in [3.8, 4) is 0 Å². The van der Waals surface area contributed by atoms with E-state index in [9.17, 15) is 14.7 Å². The normalized spacial score (nSPS) is 12.3. The van der Waals surface area contributed by atoms with Gasteiger partial charge >= 0.3 is 11.9 Å². The molecule has 0 spiro atoms. The van der Waals surface area contributed by atoms with Gasteiger partial charge in [-0.05, 0) is 57.8 Å². The maximum absolute atomic E-state index is 12.2. The second-order valence-electron chi connectivity index (χ2n) is 16.5. The van der Waals surface area contributed by atoms with E-state index in [4.69, 9.17) is 9.47 Å². The van der Waals surface area contributed by atoms with Crippen molar-refractivity contribution in [3.63, 3.8) is 0 Å². The summed E-state index contributed by atoms with van der Waals surface area (Å²) in [5.41, 5.74) is 0. The molecule has 0 saturated carbocycles. The first kappa shape index (κ1) is 53.4. The van der Waals surface area contributed by atoms with Gasteiger partial charge in [-0.15, -0.1) is 0 Å². The van der Waals surface area contributed by atoms with Crippen LogP contribution in [-0.2, 0) is 19.1 Å². The summed E-state index contributed by atoms with van der Waals surface area (Å²) in [7, 11) is 0. The molecule has 0 saturated heterocycles. The summed E-state index contributed by atoms with van der Waals surface area (Å²) in [5.74, 6) is -0.593. The second kappa shape index (κ2) is 46.8. The Morgan fingerprint density at radius 2 is 0.709 bits per heavy atom. The van der Waals surface area contributed by atoms with E-state index in [0.717, 1.165) is 51.4 Å². The predicted molar refractivity (Wildman–Crippen MR) is 238 cm³/mol. The van der Waals surface area contributed by atoms with E-state index in [1.54, 1.807) is 0 Å². The molecule has 5 nitrogen and oxygen atoms in total. The molecule has 0 radical (unpaired) electrons. The SMILES string of the molecule is CCC/C=C\CCCCCCCC(=O)OCC(CO)OC(=O)CCCCCCCCCCCCCCCCCCCCC/C=C\CCCCCCCCCC. The average Bonchev–Trinajstić information content (AvgIpc) is 3.19. The number of hydrogen-bond donors (Lipinski definition) is 1. The Hall–Kier alpha value is -1.62. The third-order valence-electron chi connectivity index (χ3n) is 10.9. The van der Waals surface area contributed by atoms with Crippen LogP contribution in [0.2, 0.25) is 0 Å². The van der Waals surface area contributed by atoms with Crippen LogP contribution in [0.25, 0.3) is 0 Å². The van der Waals surface area contributed by atoms with Crippen molar-refractivity contribution >= 4 is 11.9 Å². The van der Waals surface area contributed by atoms with Gasteiger partial charge in [-0.25, -0.2) is 0 Å². The molecule has 1 unspecified atom stereocenters. The summed E-state index contributed by atoms with van der Waals surface area (Å²) in [6, 6.07) is 0. The maximum atomic E-state index is 12.2. The van der Waals surface area contributed by atoms with Crippen LogP contribution in [-0.4, -0.2) is 36.4 Å². The van der Waals surface area contributed by atoms with Gasteiger partial charge in [-0.1, -0.05) is 218 Å². The number of ether oxygens (including phenoxy) is 2. The molecule has 324 valence electrons. The maximum Gasteiger partial charge on any atom is 0.306 e. The van der Waals surface area contributed by atoms with Gasteiger partial charge in [-0.2, -0.15) is 0 Å². The first-order valence-corrected chi connectivity index (χ1v) is 24.4. The molecule has 0 aromatic rings. The minimum Gasteiger partial charge on any atom is -0.462 e. The molecule has 5 heteroatoms. The molecule has 0 aromatic heterocycles. The molecule has 0 rings (SSSR count). The molecule has 0 aliphatic rings. The van der Waals surface area contributed by atoms with E-state index in [0.29, 0.717) is 12.8 Å². The predicted octanol–water partition coefficient (Wildman–Crippen LogP) is 15.8. The molecule has 0 amide bonds. The Bertz CT molecular complexity index is 836. The highest BCUT2D eigenvalue weighted by molar-refractivity contribution is 5.70. The van der Waals surface area contributed by atoms with Gasteiger partial charge in [0, 0.05) is 12.8 Å². The van der Waals surface area contributed by atoms with Gasteiger partial charge in [-0.3, -0.25) is 9.59 Å². The van der Waals surface area contributed by atoms with Gasteiger partial charge in [0.1, 0.15) is 6.61 Å². The number of esters is 2. The zero-order valence-electron chi connectivity index (χ0n) is 37.0. The van der Waals surface area contributed by atoms with Crippen LogP contribution in [0.3, 0.4) is 0 Å². The van der Waals surface area contributed by atoms with Crippen molar-refractivity contribution in [1.29, 1.82) is 0 Å². The molecule has 0 bridgehead atoms. The van der Waals surface area contributed by atoms with Crippen molar-refractivity contribution in [2.45, 2.75) is 270 Å². The summed E-state index contributed by atoms with van der Waals surface area (Å²) < 4.78 is 10.6. The van der Waals surface area contributed by atoms with Crippen molar-refractivity contribution in [1.82, 2.24) is 0 Å². The molecule has 0 aliphatic carbocycles. The molecule has 55 heavy (non-hydrogen) atoms. The van der Waals surface area contributed by atoms with Crippen LogP contribution in [0.5, 0.6) is 0 Å². The largest absolute Gasteiger partial charge is 0.462 e. The van der Waals surface area contributed by atoms with E-state index < -0.39 is 6.10 Å². The minimum atomic E-state index is -0.769. The highest BCUT2D eigenvalue weighted by Crippen LogP contribution is 2.16. The van der Waals surface area contributed by atoms with Crippen LogP contribution in [0, 0.1) is 0 Å². The average molecular weight is 775 g/mol. The van der Waals surface area contributed by atoms with Crippen LogP contribution < -0.4 is 0 Å². The summed E-state index contributed by atoms with van der Waals surface area (Å²) in [6.07, 6.45) is 57.2. The summed E-state index contributed by atoms with van der Waals surface area (Å²) in [4.78, 5) is 24.3. The summed E-state index contributed by atoms with van der Waals surface area (Å²) in [5, 5.41) is 9.57. The molecule has 0 fully saturated rings. The quantitative estimate of drug-likeness (QED) is 0.0379. The molecular weight excluding hydrogens is 681 g/mol. The van der Waals surface area contributed by atoms with Crippen molar-refractivity contribution in [2.24, 2.45) is 0 Å². The third kappa shape index (κ3) is 45.0. The lowest BCUT2D eigenvalue weighted by atomic mass is 10.0. The van der Waals surface area contributed by atoms with Crippen molar-refractivity contribution < 1.29 is 24.2 Å². The lowest BCUT2D eigenvalue weighted by Crippen LogP contribution is -2.28. The smallest absolute Gasteiger partial charge is 0.306 e. The Kier molecular flexibility index (Phi) is 45.4. The minimum absolute atomic E-state index is 0.0661. The van der Waals surface area contributed by atoms with Gasteiger partial charge < -0.3 is 14.6 Å². The molecular formula is C50H94O5. The van der Waals surface area contributed by atoms with Gasteiger partial charge in [0.25, 0.3) is 0 Å². The fraction of sp³-hybridized carbons (Fsp3) is 0.880. The van der Waals surface area contributed by atoms with Crippen LogP contribution in [0.1, 0.15) is 264 Å². The Labute approximate surface area is 343 Å². The van der Waals surface area contributed by atoms with E-state index in [1.807, 2.05) is 0 Å². The van der Waals surface area contributed by atoms with Crippen molar-refractivity contribution in [3.05, 3.63) is 24.3 Å². The monoisotopic (exact) mass is 775 g/mol. The lowest BCUT2D eigenvalue weighted by Gasteiger charge is -2.15. The van der Waals surface area contributed by atoms with Crippen LogP contribution in [0.15, 0.2) is 24.3 Å². The lowest BCUT2D eigenvalue weighted by molar-refractivity contribution is -0.161. The van der Waals surface area contributed by atoms with E-state index in [2.05, 4.69) is 38.2 Å². The van der Waals surface area contributed by atoms with Gasteiger partial charge in [0.05, 0.1) is 6.61 Å². The molecule has 1 atom stereocenters. The highest BCUT2D eigenvalue weighted by atomic mass is 16.6. The number of hydrogen-bond acceptors (Lipinski definition) is 5. The molecule has 1 N–H and O–H groups in total. The number of aliphatic hydroxyl groups is 1. The second-order valence-corrected chi connectivity index (χ2v) is 16.5. The van der Waals surface area contributed by atoms with Crippen LogP contribution >= 0.6 is 0 Å². The summed E-state index contributed by atoms with van der Waals surface area (Å²) >= 11 is 0. The standard InChI is InChI=1S/C50H94O5/c1-3-5-7-9-11-13-15-16-17-18-19-20-21-22-23-24-25-26-27-28-29-30-31-32-33-34-35-37-39-41-43-45-50(53)55-48(46-51)47-54-49(52)44-42-40-38-36-14-12-10-8-6-4-2/h8,10,18-19,48,51H,3-7,9,11-17,20-47H2,1-2H3/b10-8-,19-18-.